The summed E-state index contributed by atoms with van der Waals surface area (Å²) in [7, 11) is 0. The summed E-state index contributed by atoms with van der Waals surface area (Å²) in [6, 6.07) is 9.11. The Hall–Kier alpha value is -3.08. The SMILES string of the molecule is CSc1cnc(Oc2cc(O[C@@H](C)CO)cc(-c3ccc(C4=NC(O)[C@H](C)O4)[nH]3)c2)cn1. The smallest absolute Gasteiger partial charge is 0.237 e. The Labute approximate surface area is 189 Å². The van der Waals surface area contributed by atoms with Crippen molar-refractivity contribution in [2.24, 2.45) is 4.99 Å². The van der Waals surface area contributed by atoms with Crippen LogP contribution in [0.2, 0.25) is 0 Å². The number of aliphatic imine (C=N–C) groups is 1. The van der Waals surface area contributed by atoms with E-state index in [9.17, 15) is 10.2 Å². The number of hydrogen-bond acceptors (Lipinski definition) is 9. The van der Waals surface area contributed by atoms with Gasteiger partial charge in [-0.15, -0.1) is 11.8 Å². The zero-order valence-electron chi connectivity index (χ0n) is 17.8. The van der Waals surface area contributed by atoms with Crippen LogP contribution in [-0.2, 0) is 4.74 Å². The standard InChI is InChI=1S/C22H24N4O5S/c1-12(11-27)29-15-6-14(7-16(8-15)31-19-9-24-20(32-3)10-23-19)17-4-5-18(25-17)22-26-21(28)13(2)30-22/h4-10,12-13,21,25,27-28H,11H2,1-3H3/t12-,13-,21?/m0/s1. The predicted octanol–water partition coefficient (Wildman–Crippen LogP) is 3.23. The molecule has 0 aliphatic carbocycles. The van der Waals surface area contributed by atoms with Gasteiger partial charge >= 0.3 is 0 Å². The van der Waals surface area contributed by atoms with Gasteiger partial charge in [-0.1, -0.05) is 0 Å². The van der Waals surface area contributed by atoms with Gasteiger partial charge in [0.25, 0.3) is 0 Å². The Morgan fingerprint density at radius 3 is 2.59 bits per heavy atom. The largest absolute Gasteiger partial charge is 0.488 e. The lowest BCUT2D eigenvalue weighted by atomic mass is 10.1. The predicted molar refractivity (Wildman–Crippen MR) is 120 cm³/mol. The fraction of sp³-hybridized carbons (Fsp3) is 0.318. The van der Waals surface area contributed by atoms with Gasteiger partial charge in [0, 0.05) is 17.3 Å². The van der Waals surface area contributed by atoms with Gasteiger partial charge in [0.05, 0.1) is 19.0 Å². The number of H-pyrrole nitrogens is 1. The highest BCUT2D eigenvalue weighted by atomic mass is 32.2. The summed E-state index contributed by atoms with van der Waals surface area (Å²) in [4.78, 5) is 15.9. The molecule has 32 heavy (non-hydrogen) atoms. The Kier molecular flexibility index (Phi) is 6.63. The average molecular weight is 457 g/mol. The molecule has 0 amide bonds. The highest BCUT2D eigenvalue weighted by molar-refractivity contribution is 7.98. The van der Waals surface area contributed by atoms with Crippen molar-refractivity contribution in [2.45, 2.75) is 37.3 Å². The number of hydrogen-bond donors (Lipinski definition) is 3. The number of rotatable bonds is 8. The highest BCUT2D eigenvalue weighted by Gasteiger charge is 2.26. The van der Waals surface area contributed by atoms with Gasteiger partial charge in [0.2, 0.25) is 11.8 Å². The van der Waals surface area contributed by atoms with Crippen molar-refractivity contribution in [3.8, 4) is 28.6 Å². The van der Waals surface area contributed by atoms with Gasteiger partial charge in [-0.3, -0.25) is 0 Å². The molecule has 0 saturated heterocycles. The maximum absolute atomic E-state index is 9.81. The van der Waals surface area contributed by atoms with Gasteiger partial charge < -0.3 is 29.4 Å². The molecule has 10 heteroatoms. The van der Waals surface area contributed by atoms with E-state index in [0.29, 0.717) is 29.0 Å². The molecule has 0 bridgehead atoms. The number of benzene rings is 1. The maximum atomic E-state index is 9.81. The monoisotopic (exact) mass is 456 g/mol. The second kappa shape index (κ2) is 9.60. The van der Waals surface area contributed by atoms with E-state index in [1.807, 2.05) is 30.5 Å². The number of nitrogens with one attached hydrogen (secondary N) is 1. The molecule has 9 nitrogen and oxygen atoms in total. The normalized spacial score (nSPS) is 18.7. The van der Waals surface area contributed by atoms with Crippen LogP contribution in [0.3, 0.4) is 0 Å². The van der Waals surface area contributed by atoms with Crippen molar-refractivity contribution < 1.29 is 24.4 Å². The Morgan fingerprint density at radius 2 is 1.94 bits per heavy atom. The molecule has 168 valence electrons. The van der Waals surface area contributed by atoms with Crippen LogP contribution in [0, 0.1) is 0 Å². The first-order chi connectivity index (χ1) is 15.4. The molecule has 1 aliphatic heterocycles. The molecule has 0 radical (unpaired) electrons. The first-order valence-electron chi connectivity index (χ1n) is 10.0. The molecule has 3 N–H and O–H groups in total. The quantitative estimate of drug-likeness (QED) is 0.442. The van der Waals surface area contributed by atoms with Crippen LogP contribution in [0.1, 0.15) is 19.5 Å². The minimum absolute atomic E-state index is 0.119. The van der Waals surface area contributed by atoms with Gasteiger partial charge in [0.15, 0.2) is 6.23 Å². The molecule has 1 aromatic carbocycles. The van der Waals surface area contributed by atoms with Crippen LogP contribution in [0.4, 0.5) is 0 Å². The van der Waals surface area contributed by atoms with Gasteiger partial charge in [-0.25, -0.2) is 15.0 Å². The minimum atomic E-state index is -0.882. The average Bonchev–Trinajstić information content (AvgIpc) is 3.41. The van der Waals surface area contributed by atoms with Crippen molar-refractivity contribution in [1.82, 2.24) is 15.0 Å². The summed E-state index contributed by atoms with van der Waals surface area (Å²) in [6.07, 6.45) is 3.46. The molecule has 0 saturated carbocycles. The van der Waals surface area contributed by atoms with E-state index in [4.69, 9.17) is 14.2 Å². The zero-order valence-corrected chi connectivity index (χ0v) is 18.7. The van der Waals surface area contributed by atoms with Crippen LogP contribution in [-0.4, -0.2) is 62.4 Å². The number of aromatic amines is 1. The third-order valence-corrected chi connectivity index (χ3v) is 5.33. The lowest BCUT2D eigenvalue weighted by Gasteiger charge is -2.15. The van der Waals surface area contributed by atoms with Crippen LogP contribution in [0.5, 0.6) is 17.4 Å². The first-order valence-corrected chi connectivity index (χ1v) is 11.3. The van der Waals surface area contributed by atoms with Crippen molar-refractivity contribution in [3.05, 3.63) is 48.4 Å². The summed E-state index contributed by atoms with van der Waals surface area (Å²) in [5.41, 5.74) is 2.21. The van der Waals surface area contributed by atoms with E-state index in [0.717, 1.165) is 16.3 Å². The molecule has 0 fully saturated rings. The third-order valence-electron chi connectivity index (χ3n) is 4.70. The lowest BCUT2D eigenvalue weighted by molar-refractivity contribution is 0.0768. The molecular weight excluding hydrogens is 432 g/mol. The van der Waals surface area contributed by atoms with Crippen LogP contribution in [0.25, 0.3) is 11.3 Å². The van der Waals surface area contributed by atoms with Crippen LogP contribution < -0.4 is 9.47 Å². The number of ether oxygens (including phenoxy) is 3. The number of aromatic nitrogens is 3. The molecule has 3 atom stereocenters. The minimum Gasteiger partial charge on any atom is -0.488 e. The molecule has 3 aromatic rings. The van der Waals surface area contributed by atoms with E-state index in [1.165, 1.54) is 11.8 Å². The Bertz CT molecular complexity index is 1100. The van der Waals surface area contributed by atoms with Crippen molar-refractivity contribution in [2.75, 3.05) is 12.9 Å². The van der Waals surface area contributed by atoms with Gasteiger partial charge in [-0.2, -0.15) is 0 Å². The maximum Gasteiger partial charge on any atom is 0.237 e. The van der Waals surface area contributed by atoms with E-state index in [1.54, 1.807) is 32.3 Å². The topological polar surface area (TPSA) is 122 Å². The van der Waals surface area contributed by atoms with Crippen molar-refractivity contribution >= 4 is 17.7 Å². The Balaban J connectivity index is 1.64. The molecule has 1 aliphatic rings. The fourth-order valence-corrected chi connectivity index (χ4v) is 3.34. The van der Waals surface area contributed by atoms with E-state index < -0.39 is 12.3 Å². The Morgan fingerprint density at radius 1 is 1.16 bits per heavy atom. The molecule has 3 heterocycles. The number of aliphatic hydroxyl groups excluding tert-OH is 2. The number of nitrogens with zero attached hydrogens (tertiary/aromatic N) is 3. The molecule has 2 aromatic heterocycles. The highest BCUT2D eigenvalue weighted by Crippen LogP contribution is 2.32. The first kappa shape index (κ1) is 22.1. The zero-order chi connectivity index (χ0) is 22.7. The summed E-state index contributed by atoms with van der Waals surface area (Å²) in [5, 5.41) is 20.0. The lowest BCUT2D eigenvalue weighted by Crippen LogP contribution is -2.17. The second-order valence-electron chi connectivity index (χ2n) is 7.26. The van der Waals surface area contributed by atoms with Crippen LogP contribution >= 0.6 is 11.8 Å². The van der Waals surface area contributed by atoms with E-state index >= 15 is 0 Å². The number of thioether (sulfide) groups is 1. The summed E-state index contributed by atoms with van der Waals surface area (Å²) in [5.74, 6) is 1.74. The summed E-state index contributed by atoms with van der Waals surface area (Å²) >= 11 is 1.50. The fourth-order valence-electron chi connectivity index (χ4n) is 3.02. The van der Waals surface area contributed by atoms with Gasteiger partial charge in [0.1, 0.15) is 34.4 Å². The van der Waals surface area contributed by atoms with Crippen molar-refractivity contribution in [3.63, 3.8) is 0 Å². The molecule has 0 spiro atoms. The second-order valence-corrected chi connectivity index (χ2v) is 8.09. The van der Waals surface area contributed by atoms with Gasteiger partial charge in [-0.05, 0) is 44.4 Å². The van der Waals surface area contributed by atoms with Crippen LogP contribution in [0.15, 0.2) is 52.7 Å². The molecule has 1 unspecified atom stereocenters. The molecular formula is C22H24N4O5S. The molecule has 4 rings (SSSR count). The third kappa shape index (κ3) is 5.04. The summed E-state index contributed by atoms with van der Waals surface area (Å²) in [6.45, 7) is 3.41. The van der Waals surface area contributed by atoms with E-state index in [-0.39, 0.29) is 12.7 Å². The summed E-state index contributed by atoms with van der Waals surface area (Å²) < 4.78 is 17.3. The number of aliphatic hydroxyl groups is 2. The van der Waals surface area contributed by atoms with Crippen molar-refractivity contribution in [1.29, 1.82) is 0 Å². The van der Waals surface area contributed by atoms with E-state index in [2.05, 4.69) is 19.9 Å².